The highest BCUT2D eigenvalue weighted by molar-refractivity contribution is 5.83. The Morgan fingerprint density at radius 1 is 1.29 bits per heavy atom. The van der Waals surface area contributed by atoms with Crippen molar-refractivity contribution in [1.82, 2.24) is 5.32 Å². The minimum atomic E-state index is -0.915. The number of aromatic hydroxyl groups is 1. The SMILES string of the molecule is NC(Cc1ccc(O)cc1)C(=O)NC1(CC(=O)O)CCC1. The number of phenols is 1. The highest BCUT2D eigenvalue weighted by Gasteiger charge is 2.41. The van der Waals surface area contributed by atoms with E-state index in [0.717, 1.165) is 12.0 Å². The molecule has 0 spiro atoms. The number of nitrogens with two attached hydrogens (primary N) is 1. The van der Waals surface area contributed by atoms with Crippen molar-refractivity contribution in [1.29, 1.82) is 0 Å². The van der Waals surface area contributed by atoms with Gasteiger partial charge >= 0.3 is 5.97 Å². The molecule has 1 atom stereocenters. The molecule has 1 saturated carbocycles. The lowest BCUT2D eigenvalue weighted by Crippen LogP contribution is -2.58. The van der Waals surface area contributed by atoms with Gasteiger partial charge in [0.1, 0.15) is 5.75 Å². The van der Waals surface area contributed by atoms with E-state index in [1.165, 1.54) is 12.1 Å². The van der Waals surface area contributed by atoms with Crippen LogP contribution in [0.25, 0.3) is 0 Å². The molecule has 0 radical (unpaired) electrons. The Kier molecular flexibility index (Phi) is 4.47. The number of carbonyl (C=O) groups excluding carboxylic acids is 1. The lowest BCUT2D eigenvalue weighted by molar-refractivity contribution is -0.140. The zero-order valence-electron chi connectivity index (χ0n) is 11.7. The Hall–Kier alpha value is -2.08. The van der Waals surface area contributed by atoms with Gasteiger partial charge in [-0.1, -0.05) is 12.1 Å². The molecule has 0 heterocycles. The first-order valence-corrected chi connectivity index (χ1v) is 6.97. The summed E-state index contributed by atoms with van der Waals surface area (Å²) in [7, 11) is 0. The highest BCUT2D eigenvalue weighted by atomic mass is 16.4. The topological polar surface area (TPSA) is 113 Å². The van der Waals surface area contributed by atoms with Gasteiger partial charge in [-0.2, -0.15) is 0 Å². The number of carboxylic acids is 1. The van der Waals surface area contributed by atoms with Gasteiger partial charge in [0.05, 0.1) is 18.0 Å². The number of rotatable bonds is 6. The van der Waals surface area contributed by atoms with Crippen molar-refractivity contribution >= 4 is 11.9 Å². The third-order valence-electron chi connectivity index (χ3n) is 3.92. The van der Waals surface area contributed by atoms with Crippen molar-refractivity contribution in [2.24, 2.45) is 5.73 Å². The Morgan fingerprint density at radius 3 is 2.38 bits per heavy atom. The van der Waals surface area contributed by atoms with E-state index in [1.807, 2.05) is 0 Å². The third kappa shape index (κ3) is 3.95. The van der Waals surface area contributed by atoms with Gasteiger partial charge in [0.25, 0.3) is 0 Å². The standard InChI is InChI=1S/C15H20N2O4/c16-12(8-10-2-4-11(18)5-3-10)14(21)17-15(6-1-7-15)9-13(19)20/h2-5,12,18H,1,6-9,16H2,(H,17,21)(H,19,20). The van der Waals surface area contributed by atoms with Crippen LogP contribution in [0.5, 0.6) is 5.75 Å². The summed E-state index contributed by atoms with van der Waals surface area (Å²) in [6, 6.07) is 5.76. The largest absolute Gasteiger partial charge is 0.508 e. The fourth-order valence-corrected chi connectivity index (χ4v) is 2.57. The molecule has 6 nitrogen and oxygen atoms in total. The van der Waals surface area contributed by atoms with Crippen LogP contribution in [0.4, 0.5) is 0 Å². The molecule has 0 bridgehead atoms. The van der Waals surface area contributed by atoms with E-state index in [-0.39, 0.29) is 18.1 Å². The summed E-state index contributed by atoms with van der Waals surface area (Å²) < 4.78 is 0. The van der Waals surface area contributed by atoms with Crippen molar-refractivity contribution in [2.45, 2.75) is 43.7 Å². The molecule has 6 heteroatoms. The first kappa shape index (κ1) is 15.3. The smallest absolute Gasteiger partial charge is 0.305 e. The van der Waals surface area contributed by atoms with Crippen molar-refractivity contribution in [3.05, 3.63) is 29.8 Å². The second-order valence-electron chi connectivity index (χ2n) is 5.67. The summed E-state index contributed by atoms with van der Waals surface area (Å²) in [6.07, 6.45) is 2.55. The monoisotopic (exact) mass is 292 g/mol. The molecule has 1 unspecified atom stereocenters. The molecule has 0 aliphatic heterocycles. The van der Waals surface area contributed by atoms with Crippen LogP contribution < -0.4 is 11.1 Å². The molecule has 5 N–H and O–H groups in total. The highest BCUT2D eigenvalue weighted by Crippen LogP contribution is 2.35. The van der Waals surface area contributed by atoms with Gasteiger partial charge in [0.2, 0.25) is 5.91 Å². The first-order chi connectivity index (χ1) is 9.90. The van der Waals surface area contributed by atoms with Crippen LogP contribution in [0.15, 0.2) is 24.3 Å². The van der Waals surface area contributed by atoms with E-state index < -0.39 is 17.6 Å². The molecule has 1 aliphatic carbocycles. The zero-order chi connectivity index (χ0) is 15.5. The number of amides is 1. The number of benzene rings is 1. The average Bonchev–Trinajstić information content (AvgIpc) is 2.38. The lowest BCUT2D eigenvalue weighted by atomic mass is 9.74. The van der Waals surface area contributed by atoms with Crippen LogP contribution in [0.3, 0.4) is 0 Å². The summed E-state index contributed by atoms with van der Waals surface area (Å²) in [5, 5.41) is 20.9. The number of phenolic OH excluding ortho intramolecular Hbond substituents is 1. The van der Waals surface area contributed by atoms with Gasteiger partial charge in [0, 0.05) is 0 Å². The van der Waals surface area contributed by atoms with Crippen LogP contribution in [0.1, 0.15) is 31.2 Å². The lowest BCUT2D eigenvalue weighted by Gasteiger charge is -2.42. The molecule has 2 rings (SSSR count). The van der Waals surface area contributed by atoms with Gasteiger partial charge in [-0.25, -0.2) is 0 Å². The van der Waals surface area contributed by atoms with Gasteiger partial charge in [-0.15, -0.1) is 0 Å². The predicted octanol–water partition coefficient (Wildman–Crippen LogP) is 0.776. The van der Waals surface area contributed by atoms with Gasteiger partial charge < -0.3 is 21.3 Å². The molecule has 1 aromatic carbocycles. The van der Waals surface area contributed by atoms with Gasteiger partial charge in [-0.05, 0) is 43.4 Å². The van der Waals surface area contributed by atoms with Crippen molar-refractivity contribution in [3.63, 3.8) is 0 Å². The van der Waals surface area contributed by atoms with Crippen molar-refractivity contribution in [2.75, 3.05) is 0 Å². The zero-order valence-corrected chi connectivity index (χ0v) is 11.7. The van der Waals surface area contributed by atoms with Gasteiger partial charge in [-0.3, -0.25) is 9.59 Å². The van der Waals surface area contributed by atoms with Crippen LogP contribution in [0.2, 0.25) is 0 Å². The second-order valence-corrected chi connectivity index (χ2v) is 5.67. The molecule has 0 saturated heterocycles. The fourth-order valence-electron chi connectivity index (χ4n) is 2.57. The Bertz CT molecular complexity index is 523. The van der Waals surface area contributed by atoms with Crippen molar-refractivity contribution in [3.8, 4) is 5.75 Å². The summed E-state index contributed by atoms with van der Waals surface area (Å²) in [4.78, 5) is 23.0. The maximum absolute atomic E-state index is 12.1. The Balaban J connectivity index is 1.92. The second kappa shape index (κ2) is 6.13. The molecular weight excluding hydrogens is 272 g/mol. The summed E-state index contributed by atoms with van der Waals surface area (Å²) in [5.74, 6) is -1.09. The number of nitrogens with one attached hydrogen (secondary N) is 1. The molecule has 1 aliphatic rings. The molecule has 1 amide bonds. The Labute approximate surface area is 123 Å². The summed E-state index contributed by atoms with van der Waals surface area (Å²) in [5.41, 5.74) is 6.10. The van der Waals surface area contributed by atoms with Crippen LogP contribution >= 0.6 is 0 Å². The summed E-state index contributed by atoms with van der Waals surface area (Å²) in [6.45, 7) is 0. The number of aliphatic carboxylic acids is 1. The van der Waals surface area contributed by atoms with E-state index >= 15 is 0 Å². The Morgan fingerprint density at radius 2 is 1.90 bits per heavy atom. The number of hydrogen-bond acceptors (Lipinski definition) is 4. The molecule has 21 heavy (non-hydrogen) atoms. The van der Waals surface area contributed by atoms with Crippen LogP contribution in [-0.4, -0.2) is 33.7 Å². The van der Waals surface area contributed by atoms with E-state index in [0.29, 0.717) is 19.3 Å². The maximum Gasteiger partial charge on any atom is 0.305 e. The van der Waals surface area contributed by atoms with Crippen LogP contribution in [0, 0.1) is 0 Å². The third-order valence-corrected chi connectivity index (χ3v) is 3.92. The van der Waals surface area contributed by atoms with E-state index in [2.05, 4.69) is 5.32 Å². The maximum atomic E-state index is 12.1. The average molecular weight is 292 g/mol. The molecule has 1 aromatic rings. The molecule has 114 valence electrons. The van der Waals surface area contributed by atoms with Gasteiger partial charge in [0.15, 0.2) is 0 Å². The fraction of sp³-hybridized carbons (Fsp3) is 0.467. The minimum Gasteiger partial charge on any atom is -0.508 e. The normalized spacial score (nSPS) is 17.6. The number of hydrogen-bond donors (Lipinski definition) is 4. The number of carbonyl (C=O) groups is 2. The van der Waals surface area contributed by atoms with E-state index in [4.69, 9.17) is 10.8 Å². The predicted molar refractivity (Wildman–Crippen MR) is 76.8 cm³/mol. The van der Waals surface area contributed by atoms with Crippen molar-refractivity contribution < 1.29 is 19.8 Å². The summed E-state index contributed by atoms with van der Waals surface area (Å²) >= 11 is 0. The molecular formula is C15H20N2O4. The van der Waals surface area contributed by atoms with E-state index in [1.54, 1.807) is 12.1 Å². The minimum absolute atomic E-state index is 0.0648. The molecule has 0 aromatic heterocycles. The van der Waals surface area contributed by atoms with Crippen LogP contribution in [-0.2, 0) is 16.0 Å². The van der Waals surface area contributed by atoms with E-state index in [9.17, 15) is 14.7 Å². The first-order valence-electron chi connectivity index (χ1n) is 6.97. The number of carboxylic acid groups (broad SMARTS) is 1. The molecule has 1 fully saturated rings. The quantitative estimate of drug-likeness (QED) is 0.619.